The van der Waals surface area contributed by atoms with Crippen LogP contribution in [-0.4, -0.2) is 37.0 Å². The van der Waals surface area contributed by atoms with Gasteiger partial charge in [0.05, 0.1) is 18.1 Å². The minimum absolute atomic E-state index is 0.0548. The Hall–Kier alpha value is -1.33. The van der Waals surface area contributed by atoms with Crippen molar-refractivity contribution in [2.75, 3.05) is 26.2 Å². The lowest BCUT2D eigenvalue weighted by Gasteiger charge is -2.16. The Kier molecular flexibility index (Phi) is 5.20. The van der Waals surface area contributed by atoms with Crippen LogP contribution >= 0.6 is 11.6 Å². The standard InChI is InChI=1S/C14H18ClFN2O2/c15-12-7-11(16)1-2-13(12)20-6-4-14(19)18-5-3-10(8-17)9-18/h1-2,7,10H,3-6,8-9,17H2. The number of likely N-dealkylation sites (tertiary alicyclic amines) is 1. The Morgan fingerprint density at radius 2 is 2.35 bits per heavy atom. The van der Waals surface area contributed by atoms with E-state index in [4.69, 9.17) is 22.1 Å². The first-order valence-corrected chi connectivity index (χ1v) is 7.03. The van der Waals surface area contributed by atoms with E-state index in [9.17, 15) is 9.18 Å². The molecule has 2 N–H and O–H groups in total. The van der Waals surface area contributed by atoms with Gasteiger partial charge in [-0.15, -0.1) is 0 Å². The lowest BCUT2D eigenvalue weighted by molar-refractivity contribution is -0.130. The number of carbonyl (C=O) groups excluding carboxylic acids is 1. The molecule has 0 aliphatic carbocycles. The van der Waals surface area contributed by atoms with Crippen molar-refractivity contribution in [2.24, 2.45) is 11.7 Å². The average molecular weight is 301 g/mol. The van der Waals surface area contributed by atoms with E-state index in [2.05, 4.69) is 0 Å². The molecular formula is C14H18ClFN2O2. The predicted molar refractivity (Wildman–Crippen MR) is 75.3 cm³/mol. The molecule has 0 aromatic heterocycles. The highest BCUT2D eigenvalue weighted by molar-refractivity contribution is 6.32. The highest BCUT2D eigenvalue weighted by Crippen LogP contribution is 2.25. The third kappa shape index (κ3) is 3.84. The number of amides is 1. The van der Waals surface area contributed by atoms with Crippen molar-refractivity contribution in [3.63, 3.8) is 0 Å². The van der Waals surface area contributed by atoms with E-state index in [1.165, 1.54) is 18.2 Å². The normalized spacial score (nSPS) is 18.4. The molecule has 0 saturated carbocycles. The second-order valence-corrected chi connectivity index (χ2v) is 5.31. The van der Waals surface area contributed by atoms with Gasteiger partial charge in [-0.2, -0.15) is 0 Å². The molecule has 1 amide bonds. The number of rotatable bonds is 5. The number of carbonyl (C=O) groups is 1. The molecule has 1 heterocycles. The minimum Gasteiger partial charge on any atom is -0.491 e. The Labute approximate surface area is 122 Å². The van der Waals surface area contributed by atoms with Crippen molar-refractivity contribution >= 4 is 17.5 Å². The van der Waals surface area contributed by atoms with Crippen molar-refractivity contribution in [1.29, 1.82) is 0 Å². The molecule has 20 heavy (non-hydrogen) atoms. The number of ether oxygens (including phenoxy) is 1. The summed E-state index contributed by atoms with van der Waals surface area (Å²) < 4.78 is 18.3. The van der Waals surface area contributed by atoms with E-state index in [-0.39, 0.29) is 24.0 Å². The molecule has 1 aromatic rings. The zero-order chi connectivity index (χ0) is 14.5. The van der Waals surface area contributed by atoms with Crippen LogP contribution in [-0.2, 0) is 4.79 Å². The quantitative estimate of drug-likeness (QED) is 0.905. The molecule has 1 saturated heterocycles. The van der Waals surface area contributed by atoms with E-state index in [0.717, 1.165) is 19.5 Å². The summed E-state index contributed by atoms with van der Waals surface area (Å²) in [5.41, 5.74) is 5.59. The van der Waals surface area contributed by atoms with Crippen LogP contribution in [0, 0.1) is 11.7 Å². The maximum atomic E-state index is 12.9. The molecule has 1 atom stereocenters. The number of hydrogen-bond acceptors (Lipinski definition) is 3. The first kappa shape index (κ1) is 15.1. The van der Waals surface area contributed by atoms with Gasteiger partial charge in [0.25, 0.3) is 0 Å². The fourth-order valence-corrected chi connectivity index (χ4v) is 2.47. The molecule has 0 bridgehead atoms. The maximum Gasteiger partial charge on any atom is 0.226 e. The highest BCUT2D eigenvalue weighted by atomic mass is 35.5. The fourth-order valence-electron chi connectivity index (χ4n) is 2.25. The van der Waals surface area contributed by atoms with E-state index in [1.807, 2.05) is 4.90 Å². The fraction of sp³-hybridized carbons (Fsp3) is 0.500. The summed E-state index contributed by atoms with van der Waals surface area (Å²) in [6.07, 6.45) is 1.25. The number of halogens is 2. The molecule has 110 valence electrons. The van der Waals surface area contributed by atoms with Crippen LogP contribution < -0.4 is 10.5 Å². The Balaban J connectivity index is 1.77. The lowest BCUT2D eigenvalue weighted by Crippen LogP contribution is -2.30. The summed E-state index contributed by atoms with van der Waals surface area (Å²) in [4.78, 5) is 13.8. The minimum atomic E-state index is -0.414. The van der Waals surface area contributed by atoms with Gasteiger partial charge < -0.3 is 15.4 Å². The molecule has 1 aromatic carbocycles. The topological polar surface area (TPSA) is 55.6 Å². The smallest absolute Gasteiger partial charge is 0.226 e. The second-order valence-electron chi connectivity index (χ2n) is 4.90. The largest absolute Gasteiger partial charge is 0.491 e. The van der Waals surface area contributed by atoms with Gasteiger partial charge in [-0.05, 0) is 37.1 Å². The zero-order valence-corrected chi connectivity index (χ0v) is 11.9. The highest BCUT2D eigenvalue weighted by Gasteiger charge is 2.24. The van der Waals surface area contributed by atoms with Crippen LogP contribution in [0.5, 0.6) is 5.75 Å². The van der Waals surface area contributed by atoms with Crippen LogP contribution in [0.2, 0.25) is 5.02 Å². The van der Waals surface area contributed by atoms with Gasteiger partial charge >= 0.3 is 0 Å². The predicted octanol–water partition coefficient (Wildman–Crippen LogP) is 2.06. The summed E-state index contributed by atoms with van der Waals surface area (Å²) in [6.45, 7) is 2.34. The zero-order valence-electron chi connectivity index (χ0n) is 11.1. The van der Waals surface area contributed by atoms with Gasteiger partial charge in [-0.3, -0.25) is 4.79 Å². The maximum absolute atomic E-state index is 12.9. The third-order valence-corrected chi connectivity index (χ3v) is 3.73. The summed E-state index contributed by atoms with van der Waals surface area (Å²) in [6, 6.07) is 3.92. The van der Waals surface area contributed by atoms with Crippen LogP contribution in [0.25, 0.3) is 0 Å². The summed E-state index contributed by atoms with van der Waals surface area (Å²) >= 11 is 5.84. The average Bonchev–Trinajstić information content (AvgIpc) is 2.90. The molecule has 6 heteroatoms. The van der Waals surface area contributed by atoms with Crippen molar-refractivity contribution in [3.8, 4) is 5.75 Å². The first-order valence-electron chi connectivity index (χ1n) is 6.66. The molecule has 0 radical (unpaired) electrons. The summed E-state index contributed by atoms with van der Waals surface area (Å²) in [5, 5.41) is 0.210. The van der Waals surface area contributed by atoms with Crippen molar-refractivity contribution in [3.05, 3.63) is 29.0 Å². The van der Waals surface area contributed by atoms with Crippen LogP contribution in [0.15, 0.2) is 18.2 Å². The molecule has 2 rings (SSSR count). The lowest BCUT2D eigenvalue weighted by atomic mass is 10.1. The van der Waals surface area contributed by atoms with Crippen molar-refractivity contribution < 1.29 is 13.9 Å². The number of nitrogens with two attached hydrogens (primary N) is 1. The van der Waals surface area contributed by atoms with Gasteiger partial charge in [-0.25, -0.2) is 4.39 Å². The third-order valence-electron chi connectivity index (χ3n) is 3.44. The van der Waals surface area contributed by atoms with Gasteiger partial charge in [0.15, 0.2) is 0 Å². The van der Waals surface area contributed by atoms with Gasteiger partial charge in [0.1, 0.15) is 11.6 Å². The molecule has 1 aliphatic rings. The Morgan fingerprint density at radius 3 is 3.00 bits per heavy atom. The van der Waals surface area contributed by atoms with Crippen LogP contribution in [0.3, 0.4) is 0 Å². The van der Waals surface area contributed by atoms with Crippen molar-refractivity contribution in [1.82, 2.24) is 4.90 Å². The molecule has 1 unspecified atom stereocenters. The first-order chi connectivity index (χ1) is 9.60. The number of benzene rings is 1. The second kappa shape index (κ2) is 6.90. The van der Waals surface area contributed by atoms with E-state index in [0.29, 0.717) is 18.2 Å². The number of hydrogen-bond donors (Lipinski definition) is 1. The number of nitrogens with zero attached hydrogens (tertiary/aromatic N) is 1. The summed E-state index contributed by atoms with van der Waals surface area (Å²) in [7, 11) is 0. The van der Waals surface area contributed by atoms with Gasteiger partial charge in [-0.1, -0.05) is 11.6 Å². The molecule has 1 fully saturated rings. The Bertz CT molecular complexity index is 484. The monoisotopic (exact) mass is 300 g/mol. The Morgan fingerprint density at radius 1 is 1.55 bits per heavy atom. The molecule has 4 nitrogen and oxygen atoms in total. The summed E-state index contributed by atoms with van der Waals surface area (Å²) in [5.74, 6) is 0.441. The molecule has 1 aliphatic heterocycles. The van der Waals surface area contributed by atoms with Gasteiger partial charge in [0, 0.05) is 13.1 Å². The SMILES string of the molecule is NCC1CCN(C(=O)CCOc2ccc(F)cc2Cl)C1. The van der Waals surface area contributed by atoms with Crippen LogP contribution in [0.4, 0.5) is 4.39 Å². The molecular weight excluding hydrogens is 283 g/mol. The molecule has 0 spiro atoms. The van der Waals surface area contributed by atoms with E-state index < -0.39 is 5.82 Å². The van der Waals surface area contributed by atoms with Crippen LogP contribution in [0.1, 0.15) is 12.8 Å². The van der Waals surface area contributed by atoms with E-state index in [1.54, 1.807) is 0 Å². The van der Waals surface area contributed by atoms with Crippen molar-refractivity contribution in [2.45, 2.75) is 12.8 Å². The van der Waals surface area contributed by atoms with E-state index >= 15 is 0 Å². The van der Waals surface area contributed by atoms with Gasteiger partial charge in [0.2, 0.25) is 5.91 Å².